The van der Waals surface area contributed by atoms with E-state index in [1.807, 2.05) is 0 Å². The molecule has 0 aliphatic rings. The first kappa shape index (κ1) is 11.2. The van der Waals surface area contributed by atoms with Crippen molar-refractivity contribution < 1.29 is 0 Å². The summed E-state index contributed by atoms with van der Waals surface area (Å²) < 4.78 is 0. The minimum absolute atomic E-state index is 0.766. The van der Waals surface area contributed by atoms with Crippen molar-refractivity contribution in [3.8, 4) is 0 Å². The largest absolute Gasteiger partial charge is 0.330 e. The van der Waals surface area contributed by atoms with Gasteiger partial charge >= 0.3 is 0 Å². The van der Waals surface area contributed by atoms with E-state index in [-0.39, 0.29) is 0 Å². The summed E-state index contributed by atoms with van der Waals surface area (Å²) in [5.74, 6) is 0. The molecule has 1 aromatic rings. The number of hydrogen-bond acceptors (Lipinski definition) is 2. The minimum atomic E-state index is 0.766. The molecule has 0 aromatic heterocycles. The van der Waals surface area contributed by atoms with Crippen LogP contribution >= 0.6 is 0 Å². The highest BCUT2D eigenvalue weighted by Crippen LogP contribution is 2.08. The molecule has 78 valence electrons. The van der Waals surface area contributed by atoms with Crippen molar-refractivity contribution in [1.29, 1.82) is 0 Å². The van der Waals surface area contributed by atoms with Gasteiger partial charge in [-0.25, -0.2) is 0 Å². The number of nitrogens with two attached hydrogens (primary N) is 1. The van der Waals surface area contributed by atoms with Gasteiger partial charge in [0.2, 0.25) is 0 Å². The lowest BCUT2D eigenvalue weighted by atomic mass is 10.1. The highest BCUT2D eigenvalue weighted by Gasteiger charge is 1.97. The number of aryl methyl sites for hydroxylation is 1. The van der Waals surface area contributed by atoms with Crippen molar-refractivity contribution in [3.05, 3.63) is 35.4 Å². The van der Waals surface area contributed by atoms with E-state index in [0.29, 0.717) is 0 Å². The molecule has 3 N–H and O–H groups in total. The second-order valence-corrected chi connectivity index (χ2v) is 3.44. The molecule has 2 heteroatoms. The first-order chi connectivity index (χ1) is 6.88. The molecule has 0 fully saturated rings. The molecule has 0 saturated carbocycles. The average molecular weight is 192 g/mol. The number of nitrogens with one attached hydrogen (secondary N) is 1. The fourth-order valence-corrected chi connectivity index (χ4v) is 1.52. The van der Waals surface area contributed by atoms with Crippen molar-refractivity contribution in [2.75, 3.05) is 13.1 Å². The van der Waals surface area contributed by atoms with Gasteiger partial charge < -0.3 is 11.1 Å². The van der Waals surface area contributed by atoms with Crippen LogP contribution < -0.4 is 11.1 Å². The van der Waals surface area contributed by atoms with E-state index in [1.54, 1.807) is 0 Å². The highest BCUT2D eigenvalue weighted by molar-refractivity contribution is 5.26. The molecule has 2 nitrogen and oxygen atoms in total. The third-order valence-electron chi connectivity index (χ3n) is 2.37. The smallest absolute Gasteiger partial charge is 0.0208 e. The first-order valence-corrected chi connectivity index (χ1v) is 5.36. The Balaban J connectivity index is 2.41. The third kappa shape index (κ3) is 3.48. The fraction of sp³-hybridized carbons (Fsp3) is 0.500. The Morgan fingerprint density at radius 1 is 1.21 bits per heavy atom. The van der Waals surface area contributed by atoms with Crippen LogP contribution in [0.25, 0.3) is 0 Å². The first-order valence-electron chi connectivity index (χ1n) is 5.36. The van der Waals surface area contributed by atoms with E-state index in [0.717, 1.165) is 32.5 Å². The molecule has 0 aliphatic carbocycles. The van der Waals surface area contributed by atoms with Crippen LogP contribution in [0.15, 0.2) is 24.3 Å². The SMILES string of the molecule is CCc1ccccc1CNCCCN. The van der Waals surface area contributed by atoms with Crippen LogP contribution in [-0.4, -0.2) is 13.1 Å². The molecule has 0 atom stereocenters. The zero-order valence-electron chi connectivity index (χ0n) is 8.92. The predicted octanol–water partition coefficient (Wildman–Crippen LogP) is 1.69. The van der Waals surface area contributed by atoms with Crippen LogP contribution in [0.3, 0.4) is 0 Å². The molecule has 0 bridgehead atoms. The lowest BCUT2D eigenvalue weighted by Gasteiger charge is -2.08. The topological polar surface area (TPSA) is 38.0 Å². The van der Waals surface area contributed by atoms with E-state index < -0.39 is 0 Å². The second-order valence-electron chi connectivity index (χ2n) is 3.44. The van der Waals surface area contributed by atoms with E-state index in [9.17, 15) is 0 Å². The monoisotopic (exact) mass is 192 g/mol. The van der Waals surface area contributed by atoms with Gasteiger partial charge in [0.25, 0.3) is 0 Å². The summed E-state index contributed by atoms with van der Waals surface area (Å²) in [6.07, 6.45) is 2.16. The maximum Gasteiger partial charge on any atom is 0.0208 e. The van der Waals surface area contributed by atoms with Crippen LogP contribution in [0.1, 0.15) is 24.5 Å². The van der Waals surface area contributed by atoms with Gasteiger partial charge in [-0.05, 0) is 37.1 Å². The summed E-state index contributed by atoms with van der Waals surface area (Å²) in [4.78, 5) is 0. The van der Waals surface area contributed by atoms with Gasteiger partial charge in [0.15, 0.2) is 0 Å². The third-order valence-corrected chi connectivity index (χ3v) is 2.37. The molecule has 0 spiro atoms. The van der Waals surface area contributed by atoms with Crippen LogP contribution in [0.4, 0.5) is 0 Å². The molecular formula is C12H20N2. The van der Waals surface area contributed by atoms with E-state index in [4.69, 9.17) is 5.73 Å². The van der Waals surface area contributed by atoms with Crippen molar-refractivity contribution in [1.82, 2.24) is 5.32 Å². The van der Waals surface area contributed by atoms with Gasteiger partial charge in [0.05, 0.1) is 0 Å². The molecule has 0 saturated heterocycles. The molecule has 0 unspecified atom stereocenters. The van der Waals surface area contributed by atoms with Crippen molar-refractivity contribution in [3.63, 3.8) is 0 Å². The Hall–Kier alpha value is -0.860. The number of rotatable bonds is 6. The summed E-state index contributed by atoms with van der Waals surface area (Å²) in [5, 5.41) is 3.40. The summed E-state index contributed by atoms with van der Waals surface area (Å²) in [7, 11) is 0. The normalized spacial score (nSPS) is 10.4. The molecule has 0 aliphatic heterocycles. The molecule has 0 heterocycles. The lowest BCUT2D eigenvalue weighted by Crippen LogP contribution is -2.18. The molecular weight excluding hydrogens is 172 g/mol. The molecule has 0 radical (unpaired) electrons. The maximum atomic E-state index is 5.42. The van der Waals surface area contributed by atoms with Crippen LogP contribution in [0.5, 0.6) is 0 Å². The standard InChI is InChI=1S/C12H20N2/c1-2-11-6-3-4-7-12(11)10-14-9-5-8-13/h3-4,6-7,14H,2,5,8-10,13H2,1H3. The maximum absolute atomic E-state index is 5.42. The Kier molecular flexibility index (Phi) is 5.27. The quantitative estimate of drug-likeness (QED) is 0.673. The van der Waals surface area contributed by atoms with Crippen molar-refractivity contribution in [2.45, 2.75) is 26.3 Å². The van der Waals surface area contributed by atoms with Gasteiger partial charge in [-0.3, -0.25) is 0 Å². The second kappa shape index (κ2) is 6.57. The van der Waals surface area contributed by atoms with E-state index >= 15 is 0 Å². The van der Waals surface area contributed by atoms with Gasteiger partial charge in [0, 0.05) is 6.54 Å². The zero-order chi connectivity index (χ0) is 10.2. The number of benzene rings is 1. The van der Waals surface area contributed by atoms with Crippen LogP contribution in [0.2, 0.25) is 0 Å². The van der Waals surface area contributed by atoms with Gasteiger partial charge in [-0.15, -0.1) is 0 Å². The molecule has 1 aromatic carbocycles. The van der Waals surface area contributed by atoms with E-state index in [1.165, 1.54) is 11.1 Å². The highest BCUT2D eigenvalue weighted by atomic mass is 14.8. The Morgan fingerprint density at radius 3 is 2.57 bits per heavy atom. The summed E-state index contributed by atoms with van der Waals surface area (Å²) >= 11 is 0. The summed E-state index contributed by atoms with van der Waals surface area (Å²) in [5.41, 5.74) is 8.27. The van der Waals surface area contributed by atoms with Crippen molar-refractivity contribution >= 4 is 0 Å². The Morgan fingerprint density at radius 2 is 1.93 bits per heavy atom. The van der Waals surface area contributed by atoms with Crippen LogP contribution in [0, 0.1) is 0 Å². The number of hydrogen-bond donors (Lipinski definition) is 2. The van der Waals surface area contributed by atoms with Gasteiger partial charge in [-0.1, -0.05) is 31.2 Å². The predicted molar refractivity (Wildman–Crippen MR) is 61.2 cm³/mol. The Bertz CT molecular complexity index is 258. The fourth-order valence-electron chi connectivity index (χ4n) is 1.52. The summed E-state index contributed by atoms with van der Waals surface area (Å²) in [6, 6.07) is 8.58. The molecule has 0 amide bonds. The Labute approximate surface area is 86.5 Å². The van der Waals surface area contributed by atoms with Crippen molar-refractivity contribution in [2.24, 2.45) is 5.73 Å². The van der Waals surface area contributed by atoms with E-state index in [2.05, 4.69) is 36.5 Å². The molecule has 14 heavy (non-hydrogen) atoms. The average Bonchev–Trinajstić information content (AvgIpc) is 2.25. The van der Waals surface area contributed by atoms with Crippen LogP contribution in [-0.2, 0) is 13.0 Å². The lowest BCUT2D eigenvalue weighted by molar-refractivity contribution is 0.652. The summed E-state index contributed by atoms with van der Waals surface area (Å²) in [6.45, 7) is 4.93. The zero-order valence-corrected chi connectivity index (χ0v) is 8.92. The molecule has 1 rings (SSSR count). The van der Waals surface area contributed by atoms with Gasteiger partial charge in [-0.2, -0.15) is 0 Å². The minimum Gasteiger partial charge on any atom is -0.330 e. The van der Waals surface area contributed by atoms with Gasteiger partial charge in [0.1, 0.15) is 0 Å².